The van der Waals surface area contributed by atoms with Crippen LogP contribution in [-0.2, 0) is 0 Å². The molecule has 0 atom stereocenters. The van der Waals surface area contributed by atoms with Crippen LogP contribution in [0.4, 0.5) is 0 Å². The summed E-state index contributed by atoms with van der Waals surface area (Å²) in [5.41, 5.74) is 0. The van der Waals surface area contributed by atoms with Gasteiger partial charge >= 0.3 is 6.01 Å². The minimum atomic E-state index is -0.0174. The normalized spacial score (nSPS) is 10.7. The van der Waals surface area contributed by atoms with Crippen molar-refractivity contribution < 1.29 is 4.74 Å². The number of aromatic nitrogens is 4. The monoisotopic (exact) mass is 282 g/mol. The van der Waals surface area contributed by atoms with E-state index < -0.39 is 0 Å². The summed E-state index contributed by atoms with van der Waals surface area (Å²) in [4.78, 5) is 16.3. The van der Waals surface area contributed by atoms with Crippen molar-refractivity contribution in [2.45, 2.75) is 30.1 Å². The number of hydrogen-bond donors (Lipinski definition) is 0. The Hall–Kier alpha value is -1.40. The van der Waals surface area contributed by atoms with E-state index in [0.717, 1.165) is 5.03 Å². The van der Waals surface area contributed by atoms with Gasteiger partial charge in [-0.1, -0.05) is 6.07 Å². The Balaban J connectivity index is 2.20. The predicted molar refractivity (Wildman–Crippen MR) is 69.0 cm³/mol. The predicted octanol–water partition coefficient (Wildman–Crippen LogP) is 2.86. The van der Waals surface area contributed by atoms with Gasteiger partial charge in [0, 0.05) is 6.20 Å². The molecule has 0 spiro atoms. The number of hydrogen-bond acceptors (Lipinski definition) is 6. The van der Waals surface area contributed by atoms with Crippen LogP contribution >= 0.6 is 23.4 Å². The number of rotatable bonds is 4. The van der Waals surface area contributed by atoms with Gasteiger partial charge in [0.25, 0.3) is 0 Å². The first kappa shape index (κ1) is 13.0. The van der Waals surface area contributed by atoms with Crippen molar-refractivity contribution in [2.24, 2.45) is 0 Å². The molecule has 0 fully saturated rings. The standard InChI is InChI=1S/C11H11ClN4OS/c1-7(2)17-10-14-9(12)15-11(16-10)18-8-5-3-4-6-13-8/h3-7H,1-2H3. The molecule has 0 aromatic carbocycles. The Bertz CT molecular complexity index is 524. The lowest BCUT2D eigenvalue weighted by Crippen LogP contribution is -2.09. The second-order valence-electron chi connectivity index (χ2n) is 3.61. The van der Waals surface area contributed by atoms with Crippen LogP contribution in [0.25, 0.3) is 0 Å². The molecule has 0 aliphatic rings. The molecular weight excluding hydrogens is 272 g/mol. The van der Waals surface area contributed by atoms with E-state index in [2.05, 4.69) is 19.9 Å². The second-order valence-corrected chi connectivity index (χ2v) is 4.93. The Morgan fingerprint density at radius 3 is 2.72 bits per heavy atom. The van der Waals surface area contributed by atoms with Crippen LogP contribution in [0.3, 0.4) is 0 Å². The number of nitrogens with zero attached hydrogens (tertiary/aromatic N) is 4. The van der Waals surface area contributed by atoms with Gasteiger partial charge in [0.05, 0.1) is 6.10 Å². The largest absolute Gasteiger partial charge is 0.461 e. The van der Waals surface area contributed by atoms with Gasteiger partial charge in [0.2, 0.25) is 10.4 Å². The number of ether oxygens (including phenoxy) is 1. The van der Waals surface area contributed by atoms with E-state index in [4.69, 9.17) is 16.3 Å². The summed E-state index contributed by atoms with van der Waals surface area (Å²) in [5, 5.41) is 1.36. The van der Waals surface area contributed by atoms with Crippen molar-refractivity contribution in [2.75, 3.05) is 0 Å². The van der Waals surface area contributed by atoms with Gasteiger partial charge in [0.15, 0.2) is 0 Å². The lowest BCUT2D eigenvalue weighted by atomic mass is 10.5. The van der Waals surface area contributed by atoms with Gasteiger partial charge < -0.3 is 4.74 Å². The van der Waals surface area contributed by atoms with Gasteiger partial charge in [-0.05, 0) is 49.3 Å². The average molecular weight is 283 g/mol. The summed E-state index contributed by atoms with van der Waals surface area (Å²) in [6, 6.07) is 5.83. The maximum atomic E-state index is 5.82. The Morgan fingerprint density at radius 1 is 1.22 bits per heavy atom. The maximum absolute atomic E-state index is 5.82. The third kappa shape index (κ3) is 3.82. The highest BCUT2D eigenvalue weighted by molar-refractivity contribution is 7.99. The molecule has 94 valence electrons. The van der Waals surface area contributed by atoms with Crippen LogP contribution in [0.15, 0.2) is 34.6 Å². The van der Waals surface area contributed by atoms with Crippen molar-refractivity contribution in [1.29, 1.82) is 0 Å². The van der Waals surface area contributed by atoms with Crippen molar-refractivity contribution >= 4 is 23.4 Å². The van der Waals surface area contributed by atoms with Gasteiger partial charge in [-0.25, -0.2) is 4.98 Å². The van der Waals surface area contributed by atoms with E-state index in [1.165, 1.54) is 11.8 Å². The fraction of sp³-hybridized carbons (Fsp3) is 0.273. The maximum Gasteiger partial charge on any atom is 0.322 e. The molecule has 0 aliphatic carbocycles. The molecule has 18 heavy (non-hydrogen) atoms. The fourth-order valence-corrected chi connectivity index (χ4v) is 2.03. The molecule has 2 aromatic rings. The van der Waals surface area contributed by atoms with Crippen LogP contribution in [0.5, 0.6) is 6.01 Å². The van der Waals surface area contributed by atoms with Crippen LogP contribution < -0.4 is 4.74 Å². The minimum Gasteiger partial charge on any atom is -0.461 e. The van der Waals surface area contributed by atoms with Gasteiger partial charge in [-0.2, -0.15) is 15.0 Å². The smallest absolute Gasteiger partial charge is 0.322 e. The number of pyridine rings is 1. The highest BCUT2D eigenvalue weighted by Gasteiger charge is 2.09. The summed E-state index contributed by atoms with van der Waals surface area (Å²) in [5.74, 6) is 0. The van der Waals surface area contributed by atoms with Gasteiger partial charge in [0.1, 0.15) is 5.03 Å². The summed E-state index contributed by atoms with van der Waals surface area (Å²) < 4.78 is 5.39. The molecule has 0 bridgehead atoms. The van der Waals surface area contributed by atoms with Crippen LogP contribution in [0.1, 0.15) is 13.8 Å². The SMILES string of the molecule is CC(C)Oc1nc(Cl)nc(Sc2ccccn2)n1. The van der Waals surface area contributed by atoms with Gasteiger partial charge in [-0.15, -0.1) is 0 Å². The zero-order valence-corrected chi connectivity index (χ0v) is 11.4. The minimum absolute atomic E-state index is 0.0174. The molecule has 2 aromatic heterocycles. The topological polar surface area (TPSA) is 60.8 Å². The summed E-state index contributed by atoms with van der Waals surface area (Å²) in [6.45, 7) is 3.78. The van der Waals surface area contributed by atoms with E-state index in [-0.39, 0.29) is 17.4 Å². The van der Waals surface area contributed by atoms with E-state index in [1.807, 2.05) is 32.0 Å². The van der Waals surface area contributed by atoms with Crippen molar-refractivity contribution in [3.63, 3.8) is 0 Å². The molecule has 0 saturated carbocycles. The highest BCUT2D eigenvalue weighted by Crippen LogP contribution is 2.24. The lowest BCUT2D eigenvalue weighted by Gasteiger charge is -2.08. The van der Waals surface area contributed by atoms with Crippen LogP contribution in [0.2, 0.25) is 5.28 Å². The van der Waals surface area contributed by atoms with E-state index >= 15 is 0 Å². The van der Waals surface area contributed by atoms with Crippen molar-refractivity contribution in [3.05, 3.63) is 29.7 Å². The molecule has 7 heteroatoms. The van der Waals surface area contributed by atoms with E-state index in [0.29, 0.717) is 5.16 Å². The molecule has 0 radical (unpaired) electrons. The first-order valence-electron chi connectivity index (χ1n) is 5.30. The third-order valence-corrected chi connectivity index (χ3v) is 2.73. The molecule has 5 nitrogen and oxygen atoms in total. The Kier molecular flexibility index (Phi) is 4.33. The van der Waals surface area contributed by atoms with E-state index in [1.54, 1.807) is 6.20 Å². The lowest BCUT2D eigenvalue weighted by molar-refractivity contribution is 0.219. The fourth-order valence-electron chi connectivity index (χ4n) is 1.12. The summed E-state index contributed by atoms with van der Waals surface area (Å²) >= 11 is 7.13. The third-order valence-electron chi connectivity index (χ3n) is 1.74. The number of halogens is 1. The van der Waals surface area contributed by atoms with Crippen molar-refractivity contribution in [3.8, 4) is 6.01 Å². The van der Waals surface area contributed by atoms with E-state index in [9.17, 15) is 0 Å². The highest BCUT2D eigenvalue weighted by atomic mass is 35.5. The Labute approximate surface area is 114 Å². The quantitative estimate of drug-likeness (QED) is 0.859. The molecule has 0 unspecified atom stereocenters. The first-order valence-corrected chi connectivity index (χ1v) is 6.50. The van der Waals surface area contributed by atoms with Crippen LogP contribution in [-0.4, -0.2) is 26.0 Å². The molecule has 2 rings (SSSR count). The first-order chi connectivity index (χ1) is 8.63. The molecule has 0 amide bonds. The van der Waals surface area contributed by atoms with Crippen molar-refractivity contribution in [1.82, 2.24) is 19.9 Å². The molecule has 0 saturated heterocycles. The summed E-state index contributed by atoms with van der Waals surface area (Å²) in [6.07, 6.45) is 1.69. The van der Waals surface area contributed by atoms with Crippen LogP contribution in [0, 0.1) is 0 Å². The molecule has 0 N–H and O–H groups in total. The second kappa shape index (κ2) is 5.97. The average Bonchev–Trinajstić information content (AvgIpc) is 2.28. The molecule has 2 heterocycles. The zero-order valence-electron chi connectivity index (χ0n) is 9.87. The molecular formula is C11H11ClN4OS. The van der Waals surface area contributed by atoms with Gasteiger partial charge in [-0.3, -0.25) is 0 Å². The molecule has 0 aliphatic heterocycles. The Morgan fingerprint density at radius 2 is 2.06 bits per heavy atom. The summed E-state index contributed by atoms with van der Waals surface area (Å²) in [7, 11) is 0. The zero-order chi connectivity index (χ0) is 13.0.